The van der Waals surface area contributed by atoms with Crippen LogP contribution in [0.1, 0.15) is 54.1 Å². The summed E-state index contributed by atoms with van der Waals surface area (Å²) in [6, 6.07) is 12.2. The van der Waals surface area contributed by atoms with Crippen LogP contribution in [0.15, 0.2) is 47.4 Å². The van der Waals surface area contributed by atoms with Gasteiger partial charge in [0.25, 0.3) is 5.56 Å². The number of likely N-dealkylation sites (N-methyl/N-ethyl adjacent to an activating group) is 1. The van der Waals surface area contributed by atoms with E-state index in [9.17, 15) is 9.90 Å². The second-order valence-electron chi connectivity index (χ2n) is 10.4. The highest BCUT2D eigenvalue weighted by molar-refractivity contribution is 5.83. The van der Waals surface area contributed by atoms with E-state index in [0.717, 1.165) is 53.1 Å². The Labute approximate surface area is 223 Å². The van der Waals surface area contributed by atoms with Crippen LogP contribution in [0, 0.1) is 13.8 Å². The number of aliphatic hydroxyl groups excluding tert-OH is 1. The van der Waals surface area contributed by atoms with Crippen molar-refractivity contribution in [2.45, 2.75) is 53.1 Å². The summed E-state index contributed by atoms with van der Waals surface area (Å²) in [5.74, 6) is 0. The molecule has 0 aliphatic heterocycles. The number of rotatable bonds is 11. The minimum absolute atomic E-state index is 0.106. The maximum Gasteiger partial charge on any atom is 0.252 e. The number of aryl methyl sites for hydroxylation is 2. The first-order valence-electron chi connectivity index (χ1n) is 13.1. The first-order chi connectivity index (χ1) is 18.1. The minimum atomic E-state index is -1.01. The van der Waals surface area contributed by atoms with E-state index in [4.69, 9.17) is 4.98 Å². The molecule has 3 aromatic heterocycles. The summed E-state index contributed by atoms with van der Waals surface area (Å²) in [7, 11) is 4.12. The van der Waals surface area contributed by atoms with Gasteiger partial charge in [0.1, 0.15) is 6.23 Å². The third-order valence-electron chi connectivity index (χ3n) is 6.64. The van der Waals surface area contributed by atoms with Gasteiger partial charge in [-0.15, -0.1) is 0 Å². The second-order valence-corrected chi connectivity index (χ2v) is 10.4. The number of fused-ring (bicyclic) bond motifs is 1. The Bertz CT molecular complexity index is 1460. The van der Waals surface area contributed by atoms with Crippen molar-refractivity contribution in [3.05, 3.63) is 80.9 Å². The Balaban J connectivity index is 1.66. The van der Waals surface area contributed by atoms with Gasteiger partial charge in [-0.3, -0.25) is 10.1 Å². The van der Waals surface area contributed by atoms with Crippen molar-refractivity contribution in [2.75, 3.05) is 27.2 Å². The topological polar surface area (TPSA) is 111 Å². The lowest BCUT2D eigenvalue weighted by atomic mass is 10.0. The van der Waals surface area contributed by atoms with Crippen LogP contribution in [0.2, 0.25) is 0 Å². The van der Waals surface area contributed by atoms with E-state index in [2.05, 4.69) is 65.7 Å². The van der Waals surface area contributed by atoms with Crippen molar-refractivity contribution in [1.29, 1.82) is 0 Å². The van der Waals surface area contributed by atoms with E-state index in [-0.39, 0.29) is 18.1 Å². The van der Waals surface area contributed by atoms with Gasteiger partial charge >= 0.3 is 0 Å². The van der Waals surface area contributed by atoms with Crippen molar-refractivity contribution < 1.29 is 5.11 Å². The van der Waals surface area contributed by atoms with Crippen LogP contribution in [0.3, 0.4) is 0 Å². The van der Waals surface area contributed by atoms with Gasteiger partial charge in [0.15, 0.2) is 5.65 Å². The average Bonchev–Trinajstić information content (AvgIpc) is 3.30. The zero-order valence-electron chi connectivity index (χ0n) is 23.2. The molecule has 0 spiro atoms. The molecule has 1 unspecified atom stereocenters. The van der Waals surface area contributed by atoms with E-state index in [0.29, 0.717) is 16.8 Å². The van der Waals surface area contributed by atoms with Crippen molar-refractivity contribution in [3.63, 3.8) is 0 Å². The molecule has 0 radical (unpaired) electrons. The third-order valence-corrected chi connectivity index (χ3v) is 6.64. The largest absolute Gasteiger partial charge is 0.374 e. The highest BCUT2D eigenvalue weighted by Crippen LogP contribution is 2.30. The summed E-state index contributed by atoms with van der Waals surface area (Å²) < 4.78 is 1.87. The zero-order valence-corrected chi connectivity index (χ0v) is 23.2. The number of nitrogens with zero attached hydrogens (tertiary/aromatic N) is 4. The molecule has 1 atom stereocenters. The van der Waals surface area contributed by atoms with Crippen molar-refractivity contribution >= 4 is 11.0 Å². The molecule has 3 heterocycles. The van der Waals surface area contributed by atoms with E-state index in [1.807, 2.05) is 42.8 Å². The van der Waals surface area contributed by atoms with Gasteiger partial charge in [-0.2, -0.15) is 5.10 Å². The van der Waals surface area contributed by atoms with Crippen LogP contribution in [0.4, 0.5) is 0 Å². The number of hydrogen-bond donors (Lipinski definition) is 4. The molecule has 0 fully saturated rings. The van der Waals surface area contributed by atoms with Gasteiger partial charge in [-0.05, 0) is 71.1 Å². The van der Waals surface area contributed by atoms with Crippen LogP contribution >= 0.6 is 0 Å². The molecule has 9 nitrogen and oxygen atoms in total. The zero-order chi connectivity index (χ0) is 27.4. The molecule has 0 aliphatic rings. The maximum absolute atomic E-state index is 12.5. The molecule has 202 valence electrons. The summed E-state index contributed by atoms with van der Waals surface area (Å²) in [6.07, 6.45) is 0.738. The lowest BCUT2D eigenvalue weighted by Gasteiger charge is -2.17. The summed E-state index contributed by atoms with van der Waals surface area (Å²) in [5.41, 5.74) is 6.43. The van der Waals surface area contributed by atoms with Crippen molar-refractivity contribution in [3.8, 4) is 11.3 Å². The fourth-order valence-electron chi connectivity index (χ4n) is 4.58. The highest BCUT2D eigenvalue weighted by atomic mass is 16.3. The Morgan fingerprint density at radius 1 is 1.13 bits per heavy atom. The lowest BCUT2D eigenvalue weighted by Crippen LogP contribution is -2.26. The van der Waals surface area contributed by atoms with Gasteiger partial charge in [0, 0.05) is 60.0 Å². The molecule has 4 N–H and O–H groups in total. The second kappa shape index (κ2) is 12.0. The summed E-state index contributed by atoms with van der Waals surface area (Å²) in [4.78, 5) is 22.4. The van der Waals surface area contributed by atoms with E-state index in [1.165, 1.54) is 0 Å². The Kier molecular flexibility index (Phi) is 8.73. The number of benzene rings is 1. The quantitative estimate of drug-likeness (QED) is 0.178. The van der Waals surface area contributed by atoms with Crippen LogP contribution < -0.4 is 16.2 Å². The average molecular weight is 518 g/mol. The fraction of sp³-hybridized carbons (Fsp3) is 0.414. The number of aliphatic hydroxyl groups is 1. The molecule has 0 saturated carbocycles. The molecule has 0 amide bonds. The predicted octanol–water partition coefficient (Wildman–Crippen LogP) is 3.42. The Morgan fingerprint density at radius 2 is 1.92 bits per heavy atom. The number of aromatic nitrogens is 4. The summed E-state index contributed by atoms with van der Waals surface area (Å²) in [5, 5.41) is 23.2. The van der Waals surface area contributed by atoms with Crippen molar-refractivity contribution in [1.82, 2.24) is 35.3 Å². The molecule has 0 saturated heterocycles. The molecule has 4 rings (SSSR count). The smallest absolute Gasteiger partial charge is 0.252 e. The normalized spacial score (nSPS) is 12.7. The van der Waals surface area contributed by atoms with Gasteiger partial charge < -0.3 is 20.3 Å². The molecule has 38 heavy (non-hydrogen) atoms. The van der Waals surface area contributed by atoms with E-state index >= 15 is 0 Å². The lowest BCUT2D eigenvalue weighted by molar-refractivity contribution is 0.138. The van der Waals surface area contributed by atoms with Crippen molar-refractivity contribution in [2.24, 2.45) is 0 Å². The Morgan fingerprint density at radius 3 is 2.63 bits per heavy atom. The number of hydrogen-bond acceptors (Lipinski definition) is 7. The SMILES string of the molecule is Cc1cc(C)c(CNC(O)c2cc(-c3cccc(CNCCN(C)C)c3)nc3c2cnn3C(C)C)c(=O)[nH]1. The number of aromatic amines is 1. The van der Waals surface area contributed by atoms with E-state index < -0.39 is 6.23 Å². The monoisotopic (exact) mass is 517 g/mol. The molecular weight excluding hydrogens is 478 g/mol. The summed E-state index contributed by atoms with van der Waals surface area (Å²) >= 11 is 0. The molecule has 1 aromatic carbocycles. The predicted molar refractivity (Wildman–Crippen MR) is 152 cm³/mol. The molecule has 4 aromatic rings. The van der Waals surface area contributed by atoms with Gasteiger partial charge in [-0.25, -0.2) is 9.67 Å². The van der Waals surface area contributed by atoms with Gasteiger partial charge in [-0.1, -0.05) is 18.2 Å². The minimum Gasteiger partial charge on any atom is -0.374 e. The van der Waals surface area contributed by atoms with Crippen LogP contribution in [0.25, 0.3) is 22.3 Å². The van der Waals surface area contributed by atoms with Crippen LogP contribution in [-0.2, 0) is 13.1 Å². The third kappa shape index (κ3) is 6.36. The fourth-order valence-corrected chi connectivity index (χ4v) is 4.58. The van der Waals surface area contributed by atoms with Crippen LogP contribution in [-0.4, -0.2) is 56.9 Å². The molecule has 9 heteroatoms. The van der Waals surface area contributed by atoms with E-state index in [1.54, 1.807) is 6.20 Å². The number of H-pyrrole nitrogens is 1. The maximum atomic E-state index is 12.5. The first-order valence-corrected chi connectivity index (χ1v) is 13.1. The summed E-state index contributed by atoms with van der Waals surface area (Å²) in [6.45, 7) is 10.7. The molecular formula is C29H39N7O2. The standard InChI is InChI=1S/C29H39N7O2/c1-18(2)36-27-25(17-32-36)23(28(37)31-16-24-19(3)12-20(4)33-29(24)38)14-26(34-27)22-9-7-8-21(13-22)15-30-10-11-35(5)6/h7-9,12-14,17-18,28,30-31,37H,10-11,15-16H2,1-6H3,(H,33,38). The first kappa shape index (κ1) is 27.7. The number of pyridine rings is 2. The molecule has 0 aliphatic carbocycles. The molecule has 0 bridgehead atoms. The Hall–Kier alpha value is -3.37. The highest BCUT2D eigenvalue weighted by Gasteiger charge is 2.19. The number of nitrogens with one attached hydrogen (secondary N) is 3. The van der Waals surface area contributed by atoms with Gasteiger partial charge in [0.2, 0.25) is 0 Å². The van der Waals surface area contributed by atoms with Gasteiger partial charge in [0.05, 0.1) is 11.9 Å². The van der Waals surface area contributed by atoms with Crippen LogP contribution in [0.5, 0.6) is 0 Å².